The van der Waals surface area contributed by atoms with Gasteiger partial charge in [0.25, 0.3) is 0 Å². The third-order valence-electron chi connectivity index (χ3n) is 3.80. The van der Waals surface area contributed by atoms with E-state index in [0.717, 1.165) is 19.0 Å². The quantitative estimate of drug-likeness (QED) is 0.289. The molecule has 0 aromatic carbocycles. The molecule has 0 amide bonds. The monoisotopic (exact) mass is 411 g/mol. The van der Waals surface area contributed by atoms with Crippen molar-refractivity contribution in [1.29, 1.82) is 0 Å². The summed E-state index contributed by atoms with van der Waals surface area (Å²) in [7, 11) is 4.06. The zero-order valence-corrected chi connectivity index (χ0v) is 16.4. The fourth-order valence-corrected chi connectivity index (χ4v) is 2.44. The second kappa shape index (κ2) is 13.6. The highest BCUT2D eigenvalue weighted by Gasteiger charge is 2.11. The Labute approximate surface area is 148 Å². The van der Waals surface area contributed by atoms with Crippen LogP contribution in [0.25, 0.3) is 0 Å². The van der Waals surface area contributed by atoms with Gasteiger partial charge in [-0.1, -0.05) is 13.3 Å². The Morgan fingerprint density at radius 1 is 1.05 bits per heavy atom. The zero-order valence-electron chi connectivity index (χ0n) is 14.0. The number of aliphatic imine (C=N–C) groups is 1. The molecule has 0 aromatic rings. The van der Waals surface area contributed by atoms with Crippen molar-refractivity contribution in [2.24, 2.45) is 4.99 Å². The maximum atomic E-state index is 4.24. The Balaban J connectivity index is 0.00000400. The van der Waals surface area contributed by atoms with Gasteiger partial charge in [0.05, 0.1) is 0 Å². The van der Waals surface area contributed by atoms with Crippen LogP contribution in [0.3, 0.4) is 0 Å². The second-order valence-corrected chi connectivity index (χ2v) is 5.63. The number of hydrogen-bond acceptors (Lipinski definition) is 3. The Morgan fingerprint density at radius 2 is 1.76 bits per heavy atom. The standard InChI is InChI=1S/C15H33N5.HI/c1-4-5-8-17-15(16-2)18-9-6-11-20-12-7-10-19(3)13-14-20;/h4-14H2,1-3H3,(H2,16,17,18);1H. The summed E-state index contributed by atoms with van der Waals surface area (Å²) in [4.78, 5) is 9.25. The molecule has 1 rings (SSSR count). The summed E-state index contributed by atoms with van der Waals surface area (Å²) in [5.74, 6) is 0.939. The van der Waals surface area contributed by atoms with Crippen LogP contribution in [0.15, 0.2) is 4.99 Å². The van der Waals surface area contributed by atoms with Crippen LogP contribution in [0.4, 0.5) is 0 Å². The van der Waals surface area contributed by atoms with E-state index in [9.17, 15) is 0 Å². The van der Waals surface area contributed by atoms with E-state index < -0.39 is 0 Å². The highest BCUT2D eigenvalue weighted by atomic mass is 127. The van der Waals surface area contributed by atoms with Gasteiger partial charge in [0.15, 0.2) is 5.96 Å². The highest BCUT2D eigenvalue weighted by Crippen LogP contribution is 2.01. The first kappa shape index (κ1) is 20.9. The molecule has 0 spiro atoms. The third-order valence-corrected chi connectivity index (χ3v) is 3.80. The van der Waals surface area contributed by atoms with Gasteiger partial charge in [-0.15, -0.1) is 24.0 Å². The number of rotatable bonds is 7. The Morgan fingerprint density at radius 3 is 2.43 bits per heavy atom. The lowest BCUT2D eigenvalue weighted by molar-refractivity contribution is 0.274. The zero-order chi connectivity index (χ0) is 14.6. The van der Waals surface area contributed by atoms with E-state index in [4.69, 9.17) is 0 Å². The average Bonchev–Trinajstić information content (AvgIpc) is 2.66. The Kier molecular flexibility index (Phi) is 13.5. The van der Waals surface area contributed by atoms with Crippen molar-refractivity contribution in [3.8, 4) is 0 Å². The van der Waals surface area contributed by atoms with Gasteiger partial charge in [-0.25, -0.2) is 0 Å². The van der Waals surface area contributed by atoms with Crippen molar-refractivity contribution < 1.29 is 0 Å². The fraction of sp³-hybridized carbons (Fsp3) is 0.933. The molecule has 0 unspecified atom stereocenters. The summed E-state index contributed by atoms with van der Waals surface area (Å²) in [5, 5.41) is 6.74. The molecule has 21 heavy (non-hydrogen) atoms. The second-order valence-electron chi connectivity index (χ2n) is 5.63. The van der Waals surface area contributed by atoms with Crippen LogP contribution in [0.5, 0.6) is 0 Å². The number of halogens is 1. The van der Waals surface area contributed by atoms with Gasteiger partial charge < -0.3 is 20.4 Å². The summed E-state index contributed by atoms with van der Waals surface area (Å²) in [6, 6.07) is 0. The molecule has 0 aliphatic carbocycles. The lowest BCUT2D eigenvalue weighted by Gasteiger charge is -2.20. The molecule has 6 heteroatoms. The van der Waals surface area contributed by atoms with E-state index in [2.05, 4.69) is 39.4 Å². The van der Waals surface area contributed by atoms with E-state index in [1.54, 1.807) is 0 Å². The van der Waals surface area contributed by atoms with Gasteiger partial charge in [-0.2, -0.15) is 0 Å². The third kappa shape index (κ3) is 10.3. The molecular weight excluding hydrogens is 377 g/mol. The molecule has 5 nitrogen and oxygen atoms in total. The lowest BCUT2D eigenvalue weighted by atomic mass is 10.3. The number of unbranched alkanes of at least 4 members (excludes halogenated alkanes) is 1. The van der Waals surface area contributed by atoms with E-state index in [1.807, 2.05) is 7.05 Å². The van der Waals surface area contributed by atoms with Gasteiger partial charge >= 0.3 is 0 Å². The molecule has 1 aliphatic heterocycles. The van der Waals surface area contributed by atoms with Gasteiger partial charge in [0.2, 0.25) is 0 Å². The maximum absolute atomic E-state index is 4.24. The van der Waals surface area contributed by atoms with E-state index in [1.165, 1.54) is 58.4 Å². The van der Waals surface area contributed by atoms with E-state index >= 15 is 0 Å². The molecular formula is C15H34IN5. The van der Waals surface area contributed by atoms with Crippen molar-refractivity contribution in [2.75, 3.05) is 59.9 Å². The smallest absolute Gasteiger partial charge is 0.190 e. The Hall–Kier alpha value is -0.0800. The van der Waals surface area contributed by atoms with Crippen LogP contribution >= 0.6 is 24.0 Å². The minimum Gasteiger partial charge on any atom is -0.356 e. The van der Waals surface area contributed by atoms with Crippen LogP contribution in [-0.2, 0) is 0 Å². The van der Waals surface area contributed by atoms with E-state index in [0.29, 0.717) is 0 Å². The van der Waals surface area contributed by atoms with Crippen LogP contribution in [0.1, 0.15) is 32.6 Å². The number of nitrogens with one attached hydrogen (secondary N) is 2. The number of guanidine groups is 1. The maximum Gasteiger partial charge on any atom is 0.190 e. The molecule has 0 radical (unpaired) electrons. The molecule has 1 fully saturated rings. The summed E-state index contributed by atoms with van der Waals surface area (Å²) in [5.41, 5.74) is 0. The summed E-state index contributed by atoms with van der Waals surface area (Å²) in [6.45, 7) is 10.3. The van der Waals surface area contributed by atoms with Crippen molar-refractivity contribution in [2.45, 2.75) is 32.6 Å². The molecule has 0 atom stereocenters. The topological polar surface area (TPSA) is 42.9 Å². The van der Waals surface area contributed by atoms with E-state index in [-0.39, 0.29) is 24.0 Å². The van der Waals surface area contributed by atoms with Crippen molar-refractivity contribution >= 4 is 29.9 Å². The normalized spacial score (nSPS) is 18.0. The first-order chi connectivity index (χ1) is 9.76. The SMILES string of the molecule is CCCCNC(=NC)NCCCN1CCCN(C)CC1.I. The molecule has 0 bridgehead atoms. The first-order valence-electron chi connectivity index (χ1n) is 8.11. The fourth-order valence-electron chi connectivity index (χ4n) is 2.44. The minimum atomic E-state index is 0. The summed E-state index contributed by atoms with van der Waals surface area (Å²) >= 11 is 0. The van der Waals surface area contributed by atoms with Crippen molar-refractivity contribution in [3.05, 3.63) is 0 Å². The predicted octanol–water partition coefficient (Wildman–Crippen LogP) is 1.60. The van der Waals surface area contributed by atoms with Crippen molar-refractivity contribution in [3.63, 3.8) is 0 Å². The highest BCUT2D eigenvalue weighted by molar-refractivity contribution is 14.0. The van der Waals surface area contributed by atoms with Gasteiger partial charge in [0.1, 0.15) is 0 Å². The molecule has 1 heterocycles. The molecule has 1 aliphatic rings. The number of hydrogen-bond donors (Lipinski definition) is 2. The summed E-state index contributed by atoms with van der Waals surface area (Å²) < 4.78 is 0. The molecule has 1 saturated heterocycles. The van der Waals surface area contributed by atoms with Crippen LogP contribution < -0.4 is 10.6 Å². The van der Waals surface area contributed by atoms with Crippen LogP contribution in [0, 0.1) is 0 Å². The largest absolute Gasteiger partial charge is 0.356 e. The lowest BCUT2D eigenvalue weighted by Crippen LogP contribution is -2.39. The predicted molar refractivity (Wildman–Crippen MR) is 103 cm³/mol. The van der Waals surface area contributed by atoms with Crippen molar-refractivity contribution in [1.82, 2.24) is 20.4 Å². The molecule has 0 saturated carbocycles. The summed E-state index contributed by atoms with van der Waals surface area (Å²) in [6.07, 6.45) is 4.89. The Bertz CT molecular complexity index is 273. The minimum absolute atomic E-state index is 0. The molecule has 2 N–H and O–H groups in total. The van der Waals surface area contributed by atoms with Gasteiger partial charge in [-0.05, 0) is 45.9 Å². The van der Waals surface area contributed by atoms with Crippen LogP contribution in [0.2, 0.25) is 0 Å². The molecule has 0 aromatic heterocycles. The number of likely N-dealkylation sites (N-methyl/N-ethyl adjacent to an activating group) is 1. The van der Waals surface area contributed by atoms with Gasteiger partial charge in [0, 0.05) is 33.2 Å². The first-order valence-corrected chi connectivity index (χ1v) is 8.11. The molecule has 126 valence electrons. The number of nitrogens with zero attached hydrogens (tertiary/aromatic N) is 3. The van der Waals surface area contributed by atoms with Gasteiger partial charge in [-0.3, -0.25) is 4.99 Å². The van der Waals surface area contributed by atoms with Crippen LogP contribution in [-0.4, -0.2) is 75.7 Å². The average molecular weight is 411 g/mol.